The van der Waals surface area contributed by atoms with E-state index in [1.165, 1.54) is 6.08 Å². The first-order chi connectivity index (χ1) is 9.74. The molecule has 1 saturated heterocycles. The highest BCUT2D eigenvalue weighted by Gasteiger charge is 2.24. The van der Waals surface area contributed by atoms with Crippen molar-refractivity contribution in [3.63, 3.8) is 0 Å². The topological polar surface area (TPSA) is 48.1 Å². The van der Waals surface area contributed by atoms with Gasteiger partial charge in [0.1, 0.15) is 18.1 Å². The van der Waals surface area contributed by atoms with Gasteiger partial charge in [0.25, 0.3) is 0 Å². The van der Waals surface area contributed by atoms with Crippen molar-refractivity contribution in [1.29, 1.82) is 0 Å². The predicted molar refractivity (Wildman–Crippen MR) is 76.8 cm³/mol. The lowest BCUT2D eigenvalue weighted by Gasteiger charge is -2.17. The van der Waals surface area contributed by atoms with Gasteiger partial charge in [-0.25, -0.2) is 0 Å². The zero-order valence-corrected chi connectivity index (χ0v) is 11.9. The molecule has 1 aromatic rings. The molecule has 2 atom stereocenters. The number of carbonyl (C=O) groups is 1. The summed E-state index contributed by atoms with van der Waals surface area (Å²) in [5.41, 5.74) is 1.97. The van der Waals surface area contributed by atoms with Crippen molar-refractivity contribution in [2.75, 3.05) is 19.8 Å². The molecule has 0 unspecified atom stereocenters. The Morgan fingerprint density at radius 3 is 2.95 bits per heavy atom. The number of hydrogen-bond donors (Lipinski definition) is 0. The van der Waals surface area contributed by atoms with Gasteiger partial charge in [0, 0.05) is 0 Å². The molecule has 0 saturated carbocycles. The van der Waals surface area contributed by atoms with E-state index >= 15 is 0 Å². The van der Waals surface area contributed by atoms with Crippen LogP contribution in [-0.2, 0) is 14.3 Å². The molecular weight excluding hydrogens is 256 g/mol. The molecule has 2 rings (SSSR count). The molecule has 0 bridgehead atoms. The Bertz CT molecular complexity index is 477. The second kappa shape index (κ2) is 7.22. The number of ether oxygens (including phenoxy) is 3. The Kier molecular flexibility index (Phi) is 5.32. The summed E-state index contributed by atoms with van der Waals surface area (Å²) in [6, 6.07) is 5.80. The van der Waals surface area contributed by atoms with Crippen molar-refractivity contribution < 1.29 is 19.0 Å². The Balaban J connectivity index is 2.16. The minimum absolute atomic E-state index is 0.0779. The maximum absolute atomic E-state index is 10.5. The van der Waals surface area contributed by atoms with Crippen molar-refractivity contribution in [1.82, 2.24) is 0 Å². The normalized spacial score (nSPS) is 19.0. The monoisotopic (exact) mass is 276 g/mol. The molecule has 20 heavy (non-hydrogen) atoms. The van der Waals surface area contributed by atoms with Crippen molar-refractivity contribution in [3.8, 4) is 5.75 Å². The molecule has 1 aliphatic heterocycles. The van der Waals surface area contributed by atoms with E-state index in [1.807, 2.05) is 32.0 Å². The summed E-state index contributed by atoms with van der Waals surface area (Å²) in [5.74, 6) is 0.809. The molecule has 1 heterocycles. The molecule has 4 heteroatoms. The largest absolute Gasteiger partial charge is 0.494 e. The smallest absolute Gasteiger partial charge is 0.142 e. The van der Waals surface area contributed by atoms with Crippen LogP contribution in [0.25, 0.3) is 6.08 Å². The number of benzene rings is 1. The van der Waals surface area contributed by atoms with Gasteiger partial charge in [-0.15, -0.1) is 0 Å². The van der Waals surface area contributed by atoms with E-state index in [1.54, 1.807) is 6.08 Å². The number of epoxide rings is 1. The molecule has 4 nitrogen and oxygen atoms in total. The van der Waals surface area contributed by atoms with Crippen molar-refractivity contribution >= 4 is 12.4 Å². The molecule has 0 spiro atoms. The highest BCUT2D eigenvalue weighted by atomic mass is 16.6. The predicted octanol–water partition coefficient (Wildman–Crippen LogP) is 2.77. The number of rotatable bonds is 8. The third-order valence-electron chi connectivity index (χ3n) is 3.10. The van der Waals surface area contributed by atoms with Gasteiger partial charge in [0.05, 0.1) is 25.9 Å². The van der Waals surface area contributed by atoms with Crippen molar-refractivity contribution in [3.05, 3.63) is 35.4 Å². The third kappa shape index (κ3) is 4.18. The lowest BCUT2D eigenvalue weighted by atomic mass is 10.0. The van der Waals surface area contributed by atoms with Crippen LogP contribution < -0.4 is 4.74 Å². The van der Waals surface area contributed by atoms with Gasteiger partial charge in [-0.3, -0.25) is 4.79 Å². The Morgan fingerprint density at radius 1 is 1.50 bits per heavy atom. The van der Waals surface area contributed by atoms with E-state index in [4.69, 9.17) is 14.2 Å². The first-order valence-corrected chi connectivity index (χ1v) is 6.86. The zero-order chi connectivity index (χ0) is 14.4. The Morgan fingerprint density at radius 2 is 2.30 bits per heavy atom. The van der Waals surface area contributed by atoms with E-state index < -0.39 is 0 Å². The number of aldehydes is 1. The summed E-state index contributed by atoms with van der Waals surface area (Å²) in [6.07, 6.45) is 4.19. The minimum Gasteiger partial charge on any atom is -0.494 e. The summed E-state index contributed by atoms with van der Waals surface area (Å²) < 4.78 is 16.5. The highest BCUT2D eigenvalue weighted by molar-refractivity contribution is 5.74. The summed E-state index contributed by atoms with van der Waals surface area (Å²) in [6.45, 7) is 5.94. The van der Waals surface area contributed by atoms with Crippen LogP contribution in [0.15, 0.2) is 24.3 Å². The van der Waals surface area contributed by atoms with Crippen molar-refractivity contribution in [2.45, 2.75) is 26.1 Å². The van der Waals surface area contributed by atoms with Crippen LogP contribution in [0.3, 0.4) is 0 Å². The fourth-order valence-corrected chi connectivity index (χ4v) is 1.96. The zero-order valence-electron chi connectivity index (χ0n) is 11.9. The average molecular weight is 276 g/mol. The van der Waals surface area contributed by atoms with Crippen LogP contribution in [0.4, 0.5) is 0 Å². The average Bonchev–Trinajstić information content (AvgIpc) is 3.28. The lowest BCUT2D eigenvalue weighted by molar-refractivity contribution is -0.104. The molecular formula is C16H20O4. The standard InChI is InChI=1S/C16H20O4/c1-3-18-14-7-6-13(5-4-8-17)16(9-14)12(2)19-10-15-11-20-15/h4-9,12,15H,3,10-11H2,1-2H3/b5-4+/t12-,15+/m1/s1. The van der Waals surface area contributed by atoms with Gasteiger partial charge in [0.2, 0.25) is 0 Å². The van der Waals surface area contributed by atoms with Crippen LogP contribution in [0.1, 0.15) is 31.1 Å². The SMILES string of the molecule is CCOc1ccc(/C=C/C=O)c([C@@H](C)OC[C@H]2CO2)c1. The maximum Gasteiger partial charge on any atom is 0.142 e. The van der Waals surface area contributed by atoms with E-state index in [-0.39, 0.29) is 12.2 Å². The molecule has 0 radical (unpaired) electrons. The Hall–Kier alpha value is -1.65. The molecule has 108 valence electrons. The van der Waals surface area contributed by atoms with E-state index in [9.17, 15) is 4.79 Å². The van der Waals surface area contributed by atoms with Gasteiger partial charge in [0.15, 0.2) is 0 Å². The summed E-state index contributed by atoms with van der Waals surface area (Å²) in [7, 11) is 0. The van der Waals surface area contributed by atoms with E-state index in [2.05, 4.69) is 0 Å². The second-order valence-electron chi connectivity index (χ2n) is 4.65. The number of carbonyl (C=O) groups excluding carboxylic acids is 1. The molecule has 1 fully saturated rings. The summed E-state index contributed by atoms with van der Waals surface area (Å²) in [5, 5.41) is 0. The maximum atomic E-state index is 10.5. The third-order valence-corrected chi connectivity index (χ3v) is 3.10. The van der Waals surface area contributed by atoms with E-state index in [0.29, 0.717) is 13.2 Å². The fraction of sp³-hybridized carbons (Fsp3) is 0.438. The van der Waals surface area contributed by atoms with E-state index in [0.717, 1.165) is 29.8 Å². The van der Waals surface area contributed by atoms with Gasteiger partial charge >= 0.3 is 0 Å². The number of hydrogen-bond acceptors (Lipinski definition) is 4. The minimum atomic E-state index is -0.0779. The van der Waals surface area contributed by atoms with Crippen LogP contribution in [0.2, 0.25) is 0 Å². The van der Waals surface area contributed by atoms with Gasteiger partial charge in [-0.05, 0) is 43.2 Å². The highest BCUT2D eigenvalue weighted by Crippen LogP contribution is 2.28. The van der Waals surface area contributed by atoms with Crippen LogP contribution >= 0.6 is 0 Å². The number of allylic oxidation sites excluding steroid dienone is 1. The molecule has 1 aromatic carbocycles. The van der Waals surface area contributed by atoms with Crippen molar-refractivity contribution in [2.24, 2.45) is 0 Å². The van der Waals surface area contributed by atoms with Gasteiger partial charge in [-0.1, -0.05) is 12.1 Å². The second-order valence-corrected chi connectivity index (χ2v) is 4.65. The first-order valence-electron chi connectivity index (χ1n) is 6.86. The van der Waals surface area contributed by atoms with Crippen LogP contribution in [-0.4, -0.2) is 32.2 Å². The molecule has 0 N–H and O–H groups in total. The Labute approximate surface area is 119 Å². The fourth-order valence-electron chi connectivity index (χ4n) is 1.96. The molecule has 0 amide bonds. The quantitative estimate of drug-likeness (QED) is 0.416. The molecule has 0 aromatic heterocycles. The summed E-state index contributed by atoms with van der Waals surface area (Å²) >= 11 is 0. The lowest BCUT2D eigenvalue weighted by Crippen LogP contribution is -2.08. The first kappa shape index (κ1) is 14.8. The van der Waals surface area contributed by atoms with Crippen LogP contribution in [0.5, 0.6) is 5.75 Å². The van der Waals surface area contributed by atoms with Gasteiger partial charge in [-0.2, -0.15) is 0 Å². The molecule has 1 aliphatic rings. The van der Waals surface area contributed by atoms with Gasteiger partial charge < -0.3 is 14.2 Å². The summed E-state index contributed by atoms with van der Waals surface area (Å²) in [4.78, 5) is 10.5. The van der Waals surface area contributed by atoms with Crippen LogP contribution in [0, 0.1) is 0 Å². The molecule has 0 aliphatic carbocycles.